The minimum atomic E-state index is -1.82. The van der Waals surface area contributed by atoms with Gasteiger partial charge in [0.05, 0.1) is 12.9 Å². The van der Waals surface area contributed by atoms with Gasteiger partial charge >= 0.3 is 5.97 Å². The quantitative estimate of drug-likeness (QED) is 0.758. The second-order valence-electron chi connectivity index (χ2n) is 3.56. The van der Waals surface area contributed by atoms with Crippen LogP contribution in [0.1, 0.15) is 18.2 Å². The van der Waals surface area contributed by atoms with Crippen LogP contribution in [0.3, 0.4) is 0 Å². The van der Waals surface area contributed by atoms with E-state index in [1.807, 2.05) is 0 Å². The van der Waals surface area contributed by atoms with Crippen LogP contribution in [0.4, 0.5) is 0 Å². The third-order valence-electron chi connectivity index (χ3n) is 2.10. The molecule has 1 atom stereocenters. The molecule has 0 aliphatic rings. The largest absolute Gasteiger partial charge is 0.479 e. The summed E-state index contributed by atoms with van der Waals surface area (Å²) in [6, 6.07) is 1.69. The first-order valence-corrected chi connectivity index (χ1v) is 4.47. The second kappa shape index (κ2) is 4.46. The number of methoxy groups -OCH3 is 1. The Morgan fingerprint density at radius 2 is 2.33 bits per heavy atom. The van der Waals surface area contributed by atoms with Gasteiger partial charge in [0, 0.05) is 19.1 Å². The van der Waals surface area contributed by atoms with Crippen molar-refractivity contribution in [3.8, 4) is 0 Å². The molecule has 1 aromatic heterocycles. The standard InChI is InChI=1S/C10H14O5/c1-10(13,9(11)12)5-8-7(6-14-2)3-4-15-8/h3-4,13H,5-6H2,1-2H3,(H,11,12). The van der Waals surface area contributed by atoms with Crippen molar-refractivity contribution in [1.82, 2.24) is 0 Å². The van der Waals surface area contributed by atoms with Crippen molar-refractivity contribution in [2.75, 3.05) is 7.11 Å². The normalized spacial score (nSPS) is 14.9. The first-order valence-electron chi connectivity index (χ1n) is 4.47. The van der Waals surface area contributed by atoms with Crippen LogP contribution in [0.5, 0.6) is 0 Å². The van der Waals surface area contributed by atoms with Crippen LogP contribution in [0, 0.1) is 0 Å². The minimum absolute atomic E-state index is 0.0754. The Morgan fingerprint density at radius 1 is 1.67 bits per heavy atom. The van der Waals surface area contributed by atoms with E-state index in [0.717, 1.165) is 5.56 Å². The molecule has 0 amide bonds. The van der Waals surface area contributed by atoms with Crippen LogP contribution in [-0.4, -0.2) is 28.9 Å². The molecule has 0 saturated heterocycles. The summed E-state index contributed by atoms with van der Waals surface area (Å²) in [5.41, 5.74) is -1.07. The van der Waals surface area contributed by atoms with Crippen LogP contribution in [0.25, 0.3) is 0 Å². The summed E-state index contributed by atoms with van der Waals surface area (Å²) in [5.74, 6) is -0.841. The second-order valence-corrected chi connectivity index (χ2v) is 3.56. The average molecular weight is 214 g/mol. The predicted molar refractivity (Wildman–Crippen MR) is 51.4 cm³/mol. The molecular weight excluding hydrogens is 200 g/mol. The maximum absolute atomic E-state index is 10.7. The molecule has 0 aromatic carbocycles. The number of hydrogen-bond donors (Lipinski definition) is 2. The number of furan rings is 1. The highest BCUT2D eigenvalue weighted by molar-refractivity contribution is 5.76. The lowest BCUT2D eigenvalue weighted by Gasteiger charge is -2.16. The Bertz CT molecular complexity index is 339. The lowest BCUT2D eigenvalue weighted by atomic mass is 9.99. The summed E-state index contributed by atoms with van der Waals surface area (Å²) in [4.78, 5) is 10.7. The van der Waals surface area contributed by atoms with Gasteiger partial charge in [0.1, 0.15) is 5.76 Å². The molecule has 1 aromatic rings. The number of carbonyl (C=O) groups is 1. The van der Waals surface area contributed by atoms with Crippen LogP contribution in [0.2, 0.25) is 0 Å². The Labute approximate surface area is 87.3 Å². The highest BCUT2D eigenvalue weighted by Gasteiger charge is 2.32. The topological polar surface area (TPSA) is 79.9 Å². The van der Waals surface area contributed by atoms with Crippen LogP contribution >= 0.6 is 0 Å². The Kier molecular flexibility index (Phi) is 3.49. The summed E-state index contributed by atoms with van der Waals surface area (Å²) >= 11 is 0. The maximum atomic E-state index is 10.7. The van der Waals surface area contributed by atoms with Crippen molar-refractivity contribution < 1.29 is 24.2 Å². The van der Waals surface area contributed by atoms with Crippen molar-refractivity contribution in [2.45, 2.75) is 25.6 Å². The number of aliphatic carboxylic acids is 1. The van der Waals surface area contributed by atoms with Crippen LogP contribution in [0.15, 0.2) is 16.7 Å². The molecule has 2 N–H and O–H groups in total. The monoisotopic (exact) mass is 214 g/mol. The van der Waals surface area contributed by atoms with Crippen LogP contribution in [-0.2, 0) is 22.6 Å². The van der Waals surface area contributed by atoms with E-state index in [2.05, 4.69) is 0 Å². The molecule has 5 heteroatoms. The summed E-state index contributed by atoms with van der Waals surface area (Å²) in [5, 5.41) is 18.3. The highest BCUT2D eigenvalue weighted by atomic mass is 16.5. The van der Waals surface area contributed by atoms with Gasteiger partial charge in [-0.15, -0.1) is 0 Å². The molecule has 0 saturated carbocycles. The molecule has 0 bridgehead atoms. The fourth-order valence-corrected chi connectivity index (χ4v) is 1.19. The lowest BCUT2D eigenvalue weighted by molar-refractivity contribution is -0.156. The number of rotatable bonds is 5. The molecule has 5 nitrogen and oxygen atoms in total. The molecule has 0 radical (unpaired) electrons. The zero-order chi connectivity index (χ0) is 11.5. The SMILES string of the molecule is COCc1ccoc1CC(C)(O)C(=O)O. The van der Waals surface area contributed by atoms with Gasteiger partial charge in [-0.05, 0) is 13.0 Å². The van der Waals surface area contributed by atoms with E-state index in [4.69, 9.17) is 14.3 Å². The summed E-state index contributed by atoms with van der Waals surface area (Å²) < 4.78 is 10.0. The molecular formula is C10H14O5. The van der Waals surface area contributed by atoms with Crippen molar-refractivity contribution in [2.24, 2.45) is 0 Å². The smallest absolute Gasteiger partial charge is 0.335 e. The molecule has 0 aliphatic heterocycles. The van der Waals surface area contributed by atoms with Crippen molar-refractivity contribution in [3.05, 3.63) is 23.7 Å². The summed E-state index contributed by atoms with van der Waals surface area (Å²) in [7, 11) is 1.53. The number of carboxylic acid groups (broad SMARTS) is 1. The highest BCUT2D eigenvalue weighted by Crippen LogP contribution is 2.19. The molecule has 0 aliphatic carbocycles. The molecule has 1 rings (SSSR count). The van der Waals surface area contributed by atoms with Crippen molar-refractivity contribution in [1.29, 1.82) is 0 Å². The Hall–Kier alpha value is -1.33. The van der Waals surface area contributed by atoms with Crippen LogP contribution < -0.4 is 0 Å². The van der Waals surface area contributed by atoms with Gasteiger partial charge in [0.25, 0.3) is 0 Å². The van der Waals surface area contributed by atoms with Gasteiger partial charge in [0.15, 0.2) is 5.60 Å². The Morgan fingerprint density at radius 3 is 2.87 bits per heavy atom. The third-order valence-corrected chi connectivity index (χ3v) is 2.10. The van der Waals surface area contributed by atoms with E-state index in [9.17, 15) is 9.90 Å². The number of ether oxygens (including phenoxy) is 1. The molecule has 1 unspecified atom stereocenters. The number of aliphatic hydroxyl groups is 1. The molecule has 15 heavy (non-hydrogen) atoms. The van der Waals surface area contributed by atoms with E-state index in [-0.39, 0.29) is 6.42 Å². The van der Waals surface area contributed by atoms with Gasteiger partial charge in [-0.3, -0.25) is 0 Å². The summed E-state index contributed by atoms with van der Waals surface area (Å²) in [6.07, 6.45) is 1.37. The van der Waals surface area contributed by atoms with Gasteiger partial charge in [0.2, 0.25) is 0 Å². The molecule has 84 valence electrons. The van der Waals surface area contributed by atoms with Gasteiger partial charge < -0.3 is 19.4 Å². The minimum Gasteiger partial charge on any atom is -0.479 e. The number of carboxylic acids is 1. The molecule has 1 heterocycles. The zero-order valence-electron chi connectivity index (χ0n) is 8.69. The Balaban J connectivity index is 2.80. The van der Waals surface area contributed by atoms with Crippen molar-refractivity contribution in [3.63, 3.8) is 0 Å². The van der Waals surface area contributed by atoms with E-state index in [0.29, 0.717) is 12.4 Å². The molecule has 0 spiro atoms. The van der Waals surface area contributed by atoms with E-state index in [1.165, 1.54) is 20.3 Å². The first kappa shape index (κ1) is 11.7. The zero-order valence-corrected chi connectivity index (χ0v) is 8.69. The average Bonchev–Trinajstić information content (AvgIpc) is 2.52. The maximum Gasteiger partial charge on any atom is 0.335 e. The molecule has 0 fully saturated rings. The lowest BCUT2D eigenvalue weighted by Crippen LogP contribution is -2.37. The van der Waals surface area contributed by atoms with E-state index in [1.54, 1.807) is 6.07 Å². The number of hydrogen-bond acceptors (Lipinski definition) is 4. The first-order chi connectivity index (χ1) is 6.97. The predicted octanol–water partition coefficient (Wildman–Crippen LogP) is 0.804. The van der Waals surface area contributed by atoms with Gasteiger partial charge in [-0.25, -0.2) is 4.79 Å². The summed E-state index contributed by atoms with van der Waals surface area (Å²) in [6.45, 7) is 1.57. The fraction of sp³-hybridized carbons (Fsp3) is 0.500. The van der Waals surface area contributed by atoms with Gasteiger partial charge in [-0.1, -0.05) is 0 Å². The van der Waals surface area contributed by atoms with Gasteiger partial charge in [-0.2, -0.15) is 0 Å². The third kappa shape index (κ3) is 2.81. The van der Waals surface area contributed by atoms with E-state index >= 15 is 0 Å². The van der Waals surface area contributed by atoms with Crippen molar-refractivity contribution >= 4 is 5.97 Å². The van der Waals surface area contributed by atoms with E-state index < -0.39 is 11.6 Å². The fourth-order valence-electron chi connectivity index (χ4n) is 1.19.